The largest absolute Gasteiger partial charge is 0.454 e. The number of hydrogen-bond donors (Lipinski definition) is 2. The molecular formula is C19H15ClN4O3. The molecule has 0 fully saturated rings. The van der Waals surface area contributed by atoms with Crippen molar-refractivity contribution in [3.05, 3.63) is 71.0 Å². The number of benzene rings is 2. The molecule has 1 aliphatic rings. The molecule has 0 spiro atoms. The number of para-hydroxylation sites is 1. The van der Waals surface area contributed by atoms with Gasteiger partial charge in [-0.2, -0.15) is 0 Å². The standard InChI is InChI=1S/C19H15ClN4O3/c20-14-3-1-2-4-15(14)24-18(25)13-9-22-19(23-10-13)21-8-12-5-6-16-17(7-12)27-11-26-16/h1-7,9-10H,8,11H2,(H,24,25)(H,21,22,23). The highest BCUT2D eigenvalue weighted by Gasteiger charge is 2.13. The number of carbonyl (C=O) groups excluding carboxylic acids is 1. The van der Waals surface area contributed by atoms with Crippen LogP contribution in [0.4, 0.5) is 11.6 Å². The summed E-state index contributed by atoms with van der Waals surface area (Å²) in [6.45, 7) is 0.759. The Morgan fingerprint density at radius 2 is 1.85 bits per heavy atom. The summed E-state index contributed by atoms with van der Waals surface area (Å²) in [5.74, 6) is 1.55. The number of anilines is 2. The van der Waals surface area contributed by atoms with Crippen LogP contribution in [0.1, 0.15) is 15.9 Å². The summed E-state index contributed by atoms with van der Waals surface area (Å²) in [4.78, 5) is 20.6. The van der Waals surface area contributed by atoms with Gasteiger partial charge >= 0.3 is 0 Å². The van der Waals surface area contributed by atoms with Crippen LogP contribution in [0.3, 0.4) is 0 Å². The van der Waals surface area contributed by atoms with E-state index in [-0.39, 0.29) is 12.7 Å². The Kier molecular flexibility index (Phi) is 4.76. The molecule has 0 unspecified atom stereocenters. The van der Waals surface area contributed by atoms with Gasteiger partial charge < -0.3 is 20.1 Å². The molecule has 27 heavy (non-hydrogen) atoms. The smallest absolute Gasteiger partial charge is 0.258 e. The SMILES string of the molecule is O=C(Nc1ccccc1Cl)c1cnc(NCc2ccc3c(c2)OCO3)nc1. The zero-order chi connectivity index (χ0) is 18.6. The molecule has 136 valence electrons. The number of amides is 1. The van der Waals surface area contributed by atoms with Crippen LogP contribution in [-0.2, 0) is 6.54 Å². The summed E-state index contributed by atoms with van der Waals surface area (Å²) in [6, 6.07) is 12.7. The number of ether oxygens (including phenoxy) is 2. The number of nitrogens with one attached hydrogen (secondary N) is 2. The number of halogens is 1. The van der Waals surface area contributed by atoms with Crippen molar-refractivity contribution in [2.75, 3.05) is 17.4 Å². The average molecular weight is 383 g/mol. The maximum absolute atomic E-state index is 12.3. The number of carbonyl (C=O) groups is 1. The van der Waals surface area contributed by atoms with Crippen LogP contribution in [0.15, 0.2) is 54.9 Å². The third-order valence-corrected chi connectivity index (χ3v) is 4.25. The molecule has 3 aromatic rings. The summed E-state index contributed by atoms with van der Waals surface area (Å²) in [5.41, 5.74) is 1.88. The van der Waals surface area contributed by atoms with E-state index in [1.54, 1.807) is 24.3 Å². The lowest BCUT2D eigenvalue weighted by Crippen LogP contribution is -2.13. The Morgan fingerprint density at radius 1 is 1.07 bits per heavy atom. The average Bonchev–Trinajstić information content (AvgIpc) is 3.16. The van der Waals surface area contributed by atoms with Gasteiger partial charge in [0.1, 0.15) is 0 Å². The van der Waals surface area contributed by atoms with Crippen molar-refractivity contribution in [2.45, 2.75) is 6.54 Å². The Morgan fingerprint density at radius 3 is 2.67 bits per heavy atom. The highest BCUT2D eigenvalue weighted by Crippen LogP contribution is 2.32. The van der Waals surface area contributed by atoms with Gasteiger partial charge in [-0.3, -0.25) is 4.79 Å². The van der Waals surface area contributed by atoms with Gasteiger partial charge in [-0.1, -0.05) is 29.8 Å². The van der Waals surface area contributed by atoms with Crippen molar-refractivity contribution < 1.29 is 14.3 Å². The Bertz CT molecular complexity index is 979. The topological polar surface area (TPSA) is 85.4 Å². The fraction of sp³-hybridized carbons (Fsp3) is 0.105. The lowest BCUT2D eigenvalue weighted by atomic mass is 10.2. The van der Waals surface area contributed by atoms with Gasteiger partial charge in [-0.25, -0.2) is 9.97 Å². The van der Waals surface area contributed by atoms with E-state index in [1.807, 2.05) is 18.2 Å². The second kappa shape index (κ2) is 7.51. The molecule has 0 bridgehead atoms. The molecule has 1 aromatic heterocycles. The first-order valence-electron chi connectivity index (χ1n) is 8.19. The highest BCUT2D eigenvalue weighted by molar-refractivity contribution is 6.33. The van der Waals surface area contributed by atoms with Crippen LogP contribution in [0.5, 0.6) is 11.5 Å². The van der Waals surface area contributed by atoms with E-state index >= 15 is 0 Å². The van der Waals surface area contributed by atoms with Crippen molar-refractivity contribution >= 4 is 29.1 Å². The number of hydrogen-bond acceptors (Lipinski definition) is 6. The van der Waals surface area contributed by atoms with Gasteiger partial charge in [-0.05, 0) is 29.8 Å². The van der Waals surface area contributed by atoms with Crippen LogP contribution < -0.4 is 20.1 Å². The van der Waals surface area contributed by atoms with E-state index < -0.39 is 0 Å². The molecule has 1 amide bonds. The highest BCUT2D eigenvalue weighted by atomic mass is 35.5. The number of fused-ring (bicyclic) bond motifs is 1. The normalized spacial score (nSPS) is 11.9. The summed E-state index contributed by atoms with van der Waals surface area (Å²) in [7, 11) is 0. The molecule has 8 heteroatoms. The van der Waals surface area contributed by atoms with Crippen LogP contribution >= 0.6 is 11.6 Å². The summed E-state index contributed by atoms with van der Waals surface area (Å²) >= 11 is 6.04. The molecule has 1 aliphatic heterocycles. The summed E-state index contributed by atoms with van der Waals surface area (Å²) in [5, 5.41) is 6.30. The van der Waals surface area contributed by atoms with Crippen molar-refractivity contribution in [1.82, 2.24) is 9.97 Å². The predicted octanol–water partition coefficient (Wildman–Crippen LogP) is 3.72. The van der Waals surface area contributed by atoms with Gasteiger partial charge in [0.05, 0.1) is 16.3 Å². The van der Waals surface area contributed by atoms with Crippen LogP contribution in [0.2, 0.25) is 5.02 Å². The third-order valence-electron chi connectivity index (χ3n) is 3.92. The second-order valence-corrected chi connectivity index (χ2v) is 6.18. The molecule has 0 saturated carbocycles. The number of rotatable bonds is 5. The number of aromatic nitrogens is 2. The Hall–Kier alpha value is -3.32. The summed E-state index contributed by atoms with van der Waals surface area (Å²) < 4.78 is 10.6. The Balaban J connectivity index is 1.37. The third kappa shape index (κ3) is 3.93. The van der Waals surface area contributed by atoms with E-state index in [2.05, 4.69) is 20.6 Å². The zero-order valence-electron chi connectivity index (χ0n) is 14.1. The quantitative estimate of drug-likeness (QED) is 0.699. The second-order valence-electron chi connectivity index (χ2n) is 5.77. The predicted molar refractivity (Wildman–Crippen MR) is 101 cm³/mol. The first kappa shape index (κ1) is 17.1. The molecule has 0 radical (unpaired) electrons. The fourth-order valence-electron chi connectivity index (χ4n) is 2.53. The van der Waals surface area contributed by atoms with Crippen molar-refractivity contribution in [1.29, 1.82) is 0 Å². The summed E-state index contributed by atoms with van der Waals surface area (Å²) in [6.07, 6.45) is 2.92. The van der Waals surface area contributed by atoms with E-state index in [0.717, 1.165) is 17.1 Å². The molecule has 0 aliphatic carbocycles. The first-order chi connectivity index (χ1) is 13.2. The molecule has 0 saturated heterocycles. The molecule has 4 rings (SSSR count). The Labute approximate surface area is 160 Å². The minimum atomic E-state index is -0.328. The van der Waals surface area contributed by atoms with E-state index in [9.17, 15) is 4.79 Å². The monoisotopic (exact) mass is 382 g/mol. The van der Waals surface area contributed by atoms with E-state index in [4.69, 9.17) is 21.1 Å². The molecule has 7 nitrogen and oxygen atoms in total. The van der Waals surface area contributed by atoms with Crippen molar-refractivity contribution in [3.8, 4) is 11.5 Å². The van der Waals surface area contributed by atoms with E-state index in [0.29, 0.717) is 28.8 Å². The first-order valence-corrected chi connectivity index (χ1v) is 8.57. The van der Waals surface area contributed by atoms with E-state index in [1.165, 1.54) is 12.4 Å². The van der Waals surface area contributed by atoms with Gasteiger partial charge in [0.2, 0.25) is 12.7 Å². The van der Waals surface area contributed by atoms with Crippen LogP contribution in [0.25, 0.3) is 0 Å². The van der Waals surface area contributed by atoms with Crippen LogP contribution in [-0.4, -0.2) is 22.7 Å². The lowest BCUT2D eigenvalue weighted by Gasteiger charge is -2.08. The number of nitrogens with zero attached hydrogens (tertiary/aromatic N) is 2. The minimum Gasteiger partial charge on any atom is -0.454 e. The molecule has 0 atom stereocenters. The molecule has 2 N–H and O–H groups in total. The maximum Gasteiger partial charge on any atom is 0.258 e. The van der Waals surface area contributed by atoms with Gasteiger partial charge in [0, 0.05) is 18.9 Å². The van der Waals surface area contributed by atoms with Gasteiger partial charge in [-0.15, -0.1) is 0 Å². The fourth-order valence-corrected chi connectivity index (χ4v) is 2.71. The maximum atomic E-state index is 12.3. The van der Waals surface area contributed by atoms with Crippen LogP contribution in [0, 0.1) is 0 Å². The lowest BCUT2D eigenvalue weighted by molar-refractivity contribution is 0.102. The van der Waals surface area contributed by atoms with Crippen molar-refractivity contribution in [3.63, 3.8) is 0 Å². The molecule has 2 aromatic carbocycles. The molecule has 2 heterocycles. The zero-order valence-corrected chi connectivity index (χ0v) is 14.9. The van der Waals surface area contributed by atoms with Gasteiger partial charge in [0.15, 0.2) is 11.5 Å². The van der Waals surface area contributed by atoms with Gasteiger partial charge in [0.25, 0.3) is 5.91 Å². The minimum absolute atomic E-state index is 0.243. The molecular weight excluding hydrogens is 368 g/mol. The van der Waals surface area contributed by atoms with Crippen molar-refractivity contribution in [2.24, 2.45) is 0 Å².